The van der Waals surface area contributed by atoms with E-state index in [2.05, 4.69) is 22.5 Å². The molecule has 1 aromatic rings. The Morgan fingerprint density at radius 3 is 2.85 bits per heavy atom. The molecule has 1 aromatic carbocycles. The van der Waals surface area contributed by atoms with Gasteiger partial charge in [-0.3, -0.25) is 9.69 Å². The van der Waals surface area contributed by atoms with Crippen molar-refractivity contribution in [2.24, 2.45) is 17.3 Å². The highest BCUT2D eigenvalue weighted by Crippen LogP contribution is 2.58. The van der Waals surface area contributed by atoms with Gasteiger partial charge in [-0.15, -0.1) is 0 Å². The largest absolute Gasteiger partial charge is 0.379 e. The van der Waals surface area contributed by atoms with E-state index in [0.29, 0.717) is 11.8 Å². The topological polar surface area (TPSA) is 53.6 Å². The van der Waals surface area contributed by atoms with Gasteiger partial charge in [0.25, 0.3) is 5.91 Å². The van der Waals surface area contributed by atoms with Crippen molar-refractivity contribution in [1.29, 1.82) is 0 Å². The second-order valence-electron chi connectivity index (χ2n) is 9.01. The lowest BCUT2D eigenvalue weighted by molar-refractivity contribution is -0.0718. The summed E-state index contributed by atoms with van der Waals surface area (Å²) in [5.74, 6) is 1.30. The molecule has 2 bridgehead atoms. The molecule has 5 aliphatic rings. The third-order valence-electron chi connectivity index (χ3n) is 7.45. The molecule has 2 aliphatic heterocycles. The zero-order valence-corrected chi connectivity index (χ0v) is 15.6. The third kappa shape index (κ3) is 2.55. The van der Waals surface area contributed by atoms with Crippen LogP contribution in [0.3, 0.4) is 0 Å². The molecule has 140 valence electrons. The Labute approximate surface area is 155 Å². The summed E-state index contributed by atoms with van der Waals surface area (Å²) in [7, 11) is 0. The van der Waals surface area contributed by atoms with E-state index < -0.39 is 0 Å². The van der Waals surface area contributed by atoms with Gasteiger partial charge >= 0.3 is 0 Å². The molecule has 3 aliphatic carbocycles. The van der Waals surface area contributed by atoms with E-state index >= 15 is 0 Å². The molecule has 3 saturated carbocycles. The molecule has 3 unspecified atom stereocenters. The van der Waals surface area contributed by atoms with Crippen molar-refractivity contribution in [3.8, 4) is 0 Å². The first-order chi connectivity index (χ1) is 12.6. The number of nitrogens with zero attached hydrogens (tertiary/aromatic N) is 1. The minimum atomic E-state index is -0.264. The number of para-hydroxylation sites is 1. The normalized spacial score (nSPS) is 39.3. The second kappa shape index (κ2) is 5.96. The SMILES string of the molecule is CC12CCC(CC1CN1CCOCC1)[C@@]1(C2)NC(=O)c2ccccc2N1. The summed E-state index contributed by atoms with van der Waals surface area (Å²) in [6, 6.07) is 7.91. The van der Waals surface area contributed by atoms with Crippen LogP contribution in [0.4, 0.5) is 5.69 Å². The summed E-state index contributed by atoms with van der Waals surface area (Å²) < 4.78 is 5.51. The lowest BCUT2D eigenvalue weighted by Crippen LogP contribution is -2.69. The molecular formula is C21H29N3O2. The van der Waals surface area contributed by atoms with Crippen LogP contribution in [0.15, 0.2) is 24.3 Å². The van der Waals surface area contributed by atoms with E-state index in [-0.39, 0.29) is 17.0 Å². The number of nitrogens with one attached hydrogen (secondary N) is 2. The van der Waals surface area contributed by atoms with Crippen LogP contribution in [0.5, 0.6) is 0 Å². The molecule has 2 heterocycles. The molecule has 2 N–H and O–H groups in total. The molecule has 26 heavy (non-hydrogen) atoms. The summed E-state index contributed by atoms with van der Waals surface area (Å²) in [4.78, 5) is 15.3. The van der Waals surface area contributed by atoms with Gasteiger partial charge in [0.15, 0.2) is 0 Å². The number of carbonyl (C=O) groups is 1. The molecule has 6 rings (SSSR count). The fourth-order valence-electron chi connectivity index (χ4n) is 5.93. The smallest absolute Gasteiger partial charge is 0.255 e. The van der Waals surface area contributed by atoms with Gasteiger partial charge in [0.2, 0.25) is 0 Å². The number of anilines is 1. The Bertz CT molecular complexity index is 717. The zero-order valence-electron chi connectivity index (χ0n) is 15.6. The van der Waals surface area contributed by atoms with E-state index in [1.165, 1.54) is 25.8 Å². The molecule has 4 atom stereocenters. The number of amides is 1. The summed E-state index contributed by atoms with van der Waals surface area (Å²) >= 11 is 0. The first-order valence-electron chi connectivity index (χ1n) is 10.1. The summed E-state index contributed by atoms with van der Waals surface area (Å²) in [6.07, 6.45) is 4.70. The first kappa shape index (κ1) is 16.6. The van der Waals surface area contributed by atoms with Crippen LogP contribution in [0.1, 0.15) is 43.0 Å². The van der Waals surface area contributed by atoms with Crippen molar-refractivity contribution in [3.05, 3.63) is 29.8 Å². The molecule has 5 nitrogen and oxygen atoms in total. The van der Waals surface area contributed by atoms with Crippen molar-refractivity contribution < 1.29 is 9.53 Å². The number of fused-ring (bicyclic) bond motifs is 3. The van der Waals surface area contributed by atoms with E-state index in [1.807, 2.05) is 24.3 Å². The van der Waals surface area contributed by atoms with Gasteiger partial charge in [-0.1, -0.05) is 19.1 Å². The molecule has 0 aromatic heterocycles. The maximum Gasteiger partial charge on any atom is 0.255 e. The summed E-state index contributed by atoms with van der Waals surface area (Å²) in [6.45, 7) is 7.48. The Morgan fingerprint density at radius 2 is 2.04 bits per heavy atom. The third-order valence-corrected chi connectivity index (χ3v) is 7.45. The van der Waals surface area contributed by atoms with Crippen LogP contribution in [0, 0.1) is 17.3 Å². The maximum atomic E-state index is 12.8. The lowest BCUT2D eigenvalue weighted by Gasteiger charge is -2.62. The van der Waals surface area contributed by atoms with E-state index in [9.17, 15) is 4.79 Å². The molecule has 4 fully saturated rings. The fraction of sp³-hybridized carbons (Fsp3) is 0.667. The van der Waals surface area contributed by atoms with Crippen LogP contribution in [0.25, 0.3) is 0 Å². The van der Waals surface area contributed by atoms with Gasteiger partial charge < -0.3 is 15.4 Å². The summed E-state index contributed by atoms with van der Waals surface area (Å²) in [5, 5.41) is 7.14. The van der Waals surface area contributed by atoms with Crippen molar-refractivity contribution in [2.45, 2.75) is 38.3 Å². The predicted molar refractivity (Wildman–Crippen MR) is 101 cm³/mol. The average molecular weight is 355 g/mol. The standard InChI is InChI=1S/C21H29N3O2/c1-20-7-6-15(12-16(20)13-24-8-10-26-11-9-24)21(14-20)22-18-5-3-2-4-17(18)19(25)23-21/h2-5,15-16,22H,6-14H2,1H3,(H,23,25)/t15?,16?,20?,21-/m1/s1. The second-order valence-corrected chi connectivity index (χ2v) is 9.01. The Hall–Kier alpha value is -1.59. The van der Waals surface area contributed by atoms with Crippen LogP contribution < -0.4 is 10.6 Å². The monoisotopic (exact) mass is 355 g/mol. The van der Waals surface area contributed by atoms with Gasteiger partial charge in [-0.2, -0.15) is 0 Å². The summed E-state index contributed by atoms with van der Waals surface area (Å²) in [5.41, 5.74) is 1.78. The van der Waals surface area contributed by atoms with E-state index in [0.717, 1.165) is 44.0 Å². The van der Waals surface area contributed by atoms with Crippen molar-refractivity contribution in [2.75, 3.05) is 38.2 Å². The number of ether oxygens (including phenoxy) is 1. The maximum absolute atomic E-state index is 12.8. The minimum Gasteiger partial charge on any atom is -0.379 e. The number of morpholine rings is 1. The first-order valence-corrected chi connectivity index (χ1v) is 10.1. The average Bonchev–Trinajstić information content (AvgIpc) is 2.64. The van der Waals surface area contributed by atoms with Gasteiger partial charge in [0.05, 0.1) is 18.8 Å². The Kier molecular flexibility index (Phi) is 3.80. The van der Waals surface area contributed by atoms with Crippen molar-refractivity contribution >= 4 is 11.6 Å². The highest BCUT2D eigenvalue weighted by atomic mass is 16.5. The van der Waals surface area contributed by atoms with Crippen LogP contribution >= 0.6 is 0 Å². The lowest BCUT2D eigenvalue weighted by atomic mass is 9.51. The highest BCUT2D eigenvalue weighted by Gasteiger charge is 2.58. The van der Waals surface area contributed by atoms with Gasteiger partial charge in [-0.05, 0) is 49.1 Å². The van der Waals surface area contributed by atoms with Crippen LogP contribution in [0.2, 0.25) is 0 Å². The highest BCUT2D eigenvalue weighted by molar-refractivity contribution is 6.02. The van der Waals surface area contributed by atoms with E-state index in [1.54, 1.807) is 0 Å². The fourth-order valence-corrected chi connectivity index (χ4v) is 5.93. The van der Waals surface area contributed by atoms with Gasteiger partial charge in [-0.25, -0.2) is 0 Å². The molecule has 1 amide bonds. The Balaban J connectivity index is 1.39. The molecule has 5 heteroatoms. The number of rotatable bonds is 2. The minimum absolute atomic E-state index is 0.0835. The number of hydrogen-bond acceptors (Lipinski definition) is 4. The van der Waals surface area contributed by atoms with Crippen LogP contribution in [-0.4, -0.2) is 49.3 Å². The number of benzene rings is 1. The van der Waals surface area contributed by atoms with Gasteiger partial charge in [0, 0.05) is 31.2 Å². The number of hydrogen-bond donors (Lipinski definition) is 2. The quantitative estimate of drug-likeness (QED) is 0.856. The molecular weight excluding hydrogens is 326 g/mol. The number of carbonyl (C=O) groups excluding carboxylic acids is 1. The van der Waals surface area contributed by atoms with E-state index in [4.69, 9.17) is 4.74 Å². The molecule has 1 saturated heterocycles. The molecule has 0 radical (unpaired) electrons. The van der Waals surface area contributed by atoms with Crippen LogP contribution in [-0.2, 0) is 4.74 Å². The van der Waals surface area contributed by atoms with Gasteiger partial charge in [0.1, 0.15) is 5.66 Å². The zero-order chi connectivity index (χ0) is 17.8. The van der Waals surface area contributed by atoms with Crippen molar-refractivity contribution in [3.63, 3.8) is 0 Å². The Morgan fingerprint density at radius 1 is 1.23 bits per heavy atom. The molecule has 1 spiro atoms. The van der Waals surface area contributed by atoms with Crippen molar-refractivity contribution in [1.82, 2.24) is 10.2 Å². The predicted octanol–water partition coefficient (Wildman–Crippen LogP) is 2.70.